The highest BCUT2D eigenvalue weighted by atomic mass is 16.5. The van der Waals surface area contributed by atoms with Crippen LogP contribution >= 0.6 is 0 Å². The van der Waals surface area contributed by atoms with Crippen LogP contribution in [-0.4, -0.2) is 53.9 Å². The quantitative estimate of drug-likeness (QED) is 0.313. The van der Waals surface area contributed by atoms with Gasteiger partial charge in [0.15, 0.2) is 11.5 Å². The Morgan fingerprint density at radius 3 is 2.57 bits per heavy atom. The third kappa shape index (κ3) is 3.79. The molecule has 0 saturated heterocycles. The van der Waals surface area contributed by atoms with Crippen LogP contribution in [0.5, 0.6) is 17.2 Å². The number of carbonyl (C=O) groups excluding carboxylic acids is 1. The SMILES string of the molecule is COc1ccc(C2c3c(n[nH]c3-c3ccco3)C(=O)N2CCc2cc3cc(OC)ccc3[nH]2)c(OC)c1. The Labute approximate surface area is 212 Å². The third-order valence-electron chi connectivity index (χ3n) is 6.86. The van der Waals surface area contributed by atoms with Gasteiger partial charge in [0, 0.05) is 46.8 Å². The van der Waals surface area contributed by atoms with Crippen molar-refractivity contribution in [1.29, 1.82) is 0 Å². The number of aromatic nitrogens is 3. The van der Waals surface area contributed by atoms with E-state index < -0.39 is 6.04 Å². The minimum Gasteiger partial charge on any atom is -0.497 e. The number of furan rings is 1. The van der Waals surface area contributed by atoms with E-state index in [9.17, 15) is 4.79 Å². The van der Waals surface area contributed by atoms with Crippen molar-refractivity contribution in [2.45, 2.75) is 12.5 Å². The van der Waals surface area contributed by atoms with E-state index in [2.05, 4.69) is 21.2 Å². The zero-order chi connectivity index (χ0) is 25.5. The zero-order valence-electron chi connectivity index (χ0n) is 20.7. The molecule has 0 saturated carbocycles. The van der Waals surface area contributed by atoms with Crippen molar-refractivity contribution in [3.63, 3.8) is 0 Å². The number of nitrogens with one attached hydrogen (secondary N) is 2. The van der Waals surface area contributed by atoms with Gasteiger partial charge < -0.3 is 28.5 Å². The molecule has 1 aliphatic heterocycles. The Morgan fingerprint density at radius 1 is 1.00 bits per heavy atom. The molecule has 1 unspecified atom stereocenters. The monoisotopic (exact) mass is 498 g/mol. The average molecular weight is 499 g/mol. The number of nitrogens with zero attached hydrogens (tertiary/aromatic N) is 2. The topological polar surface area (TPSA) is 106 Å². The molecular formula is C28H26N4O5. The molecule has 0 fully saturated rings. The maximum absolute atomic E-state index is 13.7. The van der Waals surface area contributed by atoms with E-state index in [1.165, 1.54) is 0 Å². The second-order valence-electron chi connectivity index (χ2n) is 8.84. The lowest BCUT2D eigenvalue weighted by Crippen LogP contribution is -2.31. The number of rotatable bonds is 8. The lowest BCUT2D eigenvalue weighted by molar-refractivity contribution is 0.0744. The molecule has 5 aromatic rings. The van der Waals surface area contributed by atoms with E-state index in [-0.39, 0.29) is 5.91 Å². The van der Waals surface area contributed by atoms with Crippen LogP contribution in [0.1, 0.15) is 33.4 Å². The van der Waals surface area contributed by atoms with Crippen LogP contribution in [0.2, 0.25) is 0 Å². The van der Waals surface area contributed by atoms with E-state index in [1.54, 1.807) is 27.6 Å². The van der Waals surface area contributed by atoms with Crippen LogP contribution in [0.4, 0.5) is 0 Å². The van der Waals surface area contributed by atoms with Gasteiger partial charge in [0.2, 0.25) is 0 Å². The van der Waals surface area contributed by atoms with Gasteiger partial charge in [-0.2, -0.15) is 5.10 Å². The zero-order valence-corrected chi connectivity index (χ0v) is 20.7. The average Bonchev–Trinajstić information content (AvgIpc) is 3.71. The molecule has 0 radical (unpaired) electrons. The van der Waals surface area contributed by atoms with Crippen LogP contribution in [0, 0.1) is 0 Å². The van der Waals surface area contributed by atoms with Gasteiger partial charge in [-0.3, -0.25) is 9.89 Å². The first-order valence-electron chi connectivity index (χ1n) is 11.9. The van der Waals surface area contributed by atoms with E-state index in [0.29, 0.717) is 41.6 Å². The number of methoxy groups -OCH3 is 3. The molecule has 0 bridgehead atoms. The van der Waals surface area contributed by atoms with E-state index in [4.69, 9.17) is 18.6 Å². The summed E-state index contributed by atoms with van der Waals surface area (Å²) in [6.07, 6.45) is 2.23. The predicted octanol–water partition coefficient (Wildman–Crippen LogP) is 4.96. The van der Waals surface area contributed by atoms with E-state index >= 15 is 0 Å². The van der Waals surface area contributed by atoms with E-state index in [0.717, 1.165) is 33.5 Å². The Balaban J connectivity index is 1.40. The molecule has 1 aliphatic rings. The fraction of sp³-hybridized carbons (Fsp3) is 0.214. The summed E-state index contributed by atoms with van der Waals surface area (Å²) in [7, 11) is 4.88. The number of H-pyrrole nitrogens is 2. The molecular weight excluding hydrogens is 472 g/mol. The van der Waals surface area contributed by atoms with Crippen molar-refractivity contribution in [2.24, 2.45) is 0 Å². The van der Waals surface area contributed by atoms with Gasteiger partial charge in [-0.05, 0) is 48.5 Å². The summed E-state index contributed by atoms with van der Waals surface area (Å²) in [5.74, 6) is 2.56. The molecule has 188 valence electrons. The molecule has 3 aromatic heterocycles. The summed E-state index contributed by atoms with van der Waals surface area (Å²) in [4.78, 5) is 19.0. The van der Waals surface area contributed by atoms with Gasteiger partial charge >= 0.3 is 0 Å². The van der Waals surface area contributed by atoms with Crippen LogP contribution in [-0.2, 0) is 6.42 Å². The van der Waals surface area contributed by atoms with Crippen molar-refractivity contribution in [2.75, 3.05) is 27.9 Å². The summed E-state index contributed by atoms with van der Waals surface area (Å²) < 4.78 is 22.2. The summed E-state index contributed by atoms with van der Waals surface area (Å²) in [5.41, 5.74) is 4.71. The number of fused-ring (bicyclic) bond motifs is 2. The van der Waals surface area contributed by atoms with Gasteiger partial charge in [0.25, 0.3) is 5.91 Å². The minimum atomic E-state index is -0.424. The first-order valence-corrected chi connectivity index (χ1v) is 11.9. The summed E-state index contributed by atoms with van der Waals surface area (Å²) in [5, 5.41) is 8.47. The van der Waals surface area contributed by atoms with E-state index in [1.807, 2.05) is 53.4 Å². The number of amides is 1. The maximum Gasteiger partial charge on any atom is 0.275 e. The van der Waals surface area contributed by atoms with Gasteiger partial charge in [-0.15, -0.1) is 0 Å². The normalized spacial score (nSPS) is 14.8. The van der Waals surface area contributed by atoms with Crippen molar-refractivity contribution in [3.8, 4) is 28.7 Å². The highest BCUT2D eigenvalue weighted by Gasteiger charge is 2.44. The molecule has 6 rings (SSSR count). The first-order chi connectivity index (χ1) is 18.1. The fourth-order valence-corrected chi connectivity index (χ4v) is 5.07. The minimum absolute atomic E-state index is 0.148. The summed E-state index contributed by atoms with van der Waals surface area (Å²) in [6, 6.07) is 16.9. The van der Waals surface area contributed by atoms with Gasteiger partial charge in [0.1, 0.15) is 22.9 Å². The highest BCUT2D eigenvalue weighted by Crippen LogP contribution is 2.46. The molecule has 2 aromatic carbocycles. The van der Waals surface area contributed by atoms with Gasteiger partial charge in [0.05, 0.1) is 33.6 Å². The highest BCUT2D eigenvalue weighted by molar-refractivity contribution is 6.00. The smallest absolute Gasteiger partial charge is 0.275 e. The lowest BCUT2D eigenvalue weighted by atomic mass is 9.96. The van der Waals surface area contributed by atoms with Crippen molar-refractivity contribution >= 4 is 16.8 Å². The number of hydrogen-bond donors (Lipinski definition) is 2. The Bertz CT molecular complexity index is 1580. The fourth-order valence-electron chi connectivity index (χ4n) is 5.07. The number of benzene rings is 2. The Morgan fingerprint density at radius 2 is 1.81 bits per heavy atom. The third-order valence-corrected chi connectivity index (χ3v) is 6.86. The van der Waals surface area contributed by atoms with Crippen molar-refractivity contribution in [1.82, 2.24) is 20.1 Å². The Hall–Kier alpha value is -4.66. The molecule has 1 amide bonds. The summed E-state index contributed by atoms with van der Waals surface area (Å²) in [6.45, 7) is 0.469. The van der Waals surface area contributed by atoms with Crippen LogP contribution in [0.3, 0.4) is 0 Å². The van der Waals surface area contributed by atoms with Crippen LogP contribution in [0.15, 0.2) is 65.3 Å². The largest absolute Gasteiger partial charge is 0.497 e. The maximum atomic E-state index is 13.7. The van der Waals surface area contributed by atoms with Gasteiger partial charge in [-0.1, -0.05) is 0 Å². The number of aromatic amines is 2. The standard InChI is InChI=1S/C28H26N4O5/c1-34-18-7-9-21-16(14-18)13-17(29-21)10-11-32-27(20-8-6-19(35-2)15-23(20)36-3)24-25(22-5-4-12-37-22)30-31-26(24)28(32)33/h4-9,12-15,27,29H,10-11H2,1-3H3,(H,30,31). The predicted molar refractivity (Wildman–Crippen MR) is 137 cm³/mol. The number of hydrogen-bond acceptors (Lipinski definition) is 6. The van der Waals surface area contributed by atoms with Crippen LogP contribution < -0.4 is 14.2 Å². The summed E-state index contributed by atoms with van der Waals surface area (Å²) >= 11 is 0. The first kappa shape index (κ1) is 22.8. The molecule has 9 heteroatoms. The van der Waals surface area contributed by atoms with Crippen molar-refractivity contribution < 1.29 is 23.4 Å². The molecule has 37 heavy (non-hydrogen) atoms. The molecule has 9 nitrogen and oxygen atoms in total. The van der Waals surface area contributed by atoms with Gasteiger partial charge in [-0.25, -0.2) is 0 Å². The van der Waals surface area contributed by atoms with Crippen molar-refractivity contribution in [3.05, 3.63) is 83.4 Å². The molecule has 0 spiro atoms. The molecule has 0 aliphatic carbocycles. The van der Waals surface area contributed by atoms with Crippen LogP contribution in [0.25, 0.3) is 22.4 Å². The second kappa shape index (κ2) is 9.09. The Kier molecular flexibility index (Phi) is 5.60. The lowest BCUT2D eigenvalue weighted by Gasteiger charge is -2.27. The molecule has 2 N–H and O–H groups in total. The molecule has 4 heterocycles. The number of carbonyl (C=O) groups is 1. The number of ether oxygens (including phenoxy) is 3. The second-order valence-corrected chi connectivity index (χ2v) is 8.84. The molecule has 1 atom stereocenters.